The molecule has 0 saturated heterocycles. The zero-order chi connectivity index (χ0) is 40.4. The van der Waals surface area contributed by atoms with Gasteiger partial charge in [0.2, 0.25) is 0 Å². The lowest BCUT2D eigenvalue weighted by Crippen LogP contribution is -2.05. The molecule has 0 aliphatic rings. The zero-order valence-corrected chi connectivity index (χ0v) is 38.6. The minimum Gasteiger partial charge on any atom is -0.481 e. The lowest BCUT2D eigenvalue weighted by molar-refractivity contribution is -0.137. The molecule has 0 spiro atoms. The molecule has 3 nitrogen and oxygen atoms in total. The van der Waals surface area contributed by atoms with Crippen molar-refractivity contribution < 1.29 is 15.0 Å². The molecule has 0 radical (unpaired) electrons. The molecule has 55 heavy (non-hydrogen) atoms. The summed E-state index contributed by atoms with van der Waals surface area (Å²) in [7, 11) is 0. The molecule has 0 rings (SSSR count). The van der Waals surface area contributed by atoms with Crippen LogP contribution in [0.3, 0.4) is 0 Å². The van der Waals surface area contributed by atoms with Gasteiger partial charge in [-0.25, -0.2) is 0 Å². The number of carbonyl (C=O) groups is 1. The van der Waals surface area contributed by atoms with Crippen LogP contribution in [0, 0.1) is 0 Å². The lowest BCUT2D eigenvalue weighted by Gasteiger charge is -2.10. The Bertz CT molecular complexity index is 663. The van der Waals surface area contributed by atoms with Gasteiger partial charge in [-0.1, -0.05) is 297 Å². The molecule has 332 valence electrons. The van der Waals surface area contributed by atoms with Crippen molar-refractivity contribution in [3.05, 3.63) is 0 Å². The molecule has 0 amide bonds. The first kappa shape index (κ1) is 56.5. The fourth-order valence-corrected chi connectivity index (χ4v) is 8.12. The Morgan fingerprint density at radius 3 is 0.636 bits per heavy atom. The van der Waals surface area contributed by atoms with Gasteiger partial charge in [0.1, 0.15) is 0 Å². The molecule has 0 aliphatic carbocycles. The quantitative estimate of drug-likeness (QED) is 0.0605. The van der Waals surface area contributed by atoms with Gasteiger partial charge < -0.3 is 10.2 Å². The van der Waals surface area contributed by atoms with Crippen LogP contribution in [0.4, 0.5) is 0 Å². The van der Waals surface area contributed by atoms with Crippen molar-refractivity contribution in [2.45, 2.75) is 329 Å². The van der Waals surface area contributed by atoms with Crippen LogP contribution in [-0.2, 0) is 4.79 Å². The van der Waals surface area contributed by atoms with Crippen molar-refractivity contribution in [1.29, 1.82) is 0 Å². The van der Waals surface area contributed by atoms with E-state index in [1.54, 1.807) is 0 Å². The van der Waals surface area contributed by atoms with Gasteiger partial charge in [-0.05, 0) is 19.3 Å². The molecule has 0 bridgehead atoms. The Morgan fingerprint density at radius 1 is 0.291 bits per heavy atom. The number of aliphatic hydroxyl groups is 1. The topological polar surface area (TPSA) is 57.5 Å². The average Bonchev–Trinajstić information content (AvgIpc) is 3.18. The molecule has 1 unspecified atom stereocenters. The van der Waals surface area contributed by atoms with Gasteiger partial charge in [-0.2, -0.15) is 0 Å². The molecule has 1 atom stereocenters. The first-order chi connectivity index (χ1) is 27.1. The fraction of sp³-hybridized carbons (Fsp3) is 0.981. The van der Waals surface area contributed by atoms with Crippen LogP contribution in [0.25, 0.3) is 0 Å². The van der Waals surface area contributed by atoms with Crippen LogP contribution in [0.15, 0.2) is 0 Å². The standard InChI is InChI=1S/C34H70O.C18H36O2/c1-3-5-7-9-11-13-15-17-18-19-20-21-23-25-27-29-31-33-34(35)32-30-28-26-24-22-16-14-12-10-8-6-4-2;1-2-3-4-5-6-7-8-9-10-11-12-13-14-15-16-17-18(19)20/h34-35H,3-33H2,1-2H3;2-17H2,1H3,(H,19,20). The highest BCUT2D eigenvalue weighted by molar-refractivity contribution is 5.66. The van der Waals surface area contributed by atoms with Gasteiger partial charge >= 0.3 is 5.97 Å². The third kappa shape index (κ3) is 57.8. The molecule has 0 aliphatic heterocycles. The van der Waals surface area contributed by atoms with E-state index in [1.807, 2.05) is 0 Å². The van der Waals surface area contributed by atoms with E-state index in [0.29, 0.717) is 6.42 Å². The molecule has 2 N–H and O–H groups in total. The maximum Gasteiger partial charge on any atom is 0.303 e. The minimum atomic E-state index is -0.653. The largest absolute Gasteiger partial charge is 0.481 e. The van der Waals surface area contributed by atoms with E-state index in [-0.39, 0.29) is 6.10 Å². The first-order valence-electron chi connectivity index (χ1n) is 26.0. The number of hydrogen-bond acceptors (Lipinski definition) is 2. The molecule has 0 aromatic rings. The zero-order valence-electron chi connectivity index (χ0n) is 38.6. The number of carboxylic acid groups (broad SMARTS) is 1. The van der Waals surface area contributed by atoms with Crippen molar-refractivity contribution >= 4 is 5.97 Å². The van der Waals surface area contributed by atoms with Gasteiger partial charge in [0.05, 0.1) is 6.10 Å². The highest BCUT2D eigenvalue weighted by atomic mass is 16.4. The predicted molar refractivity (Wildman–Crippen MR) is 248 cm³/mol. The summed E-state index contributed by atoms with van der Waals surface area (Å²) in [6.07, 6.45) is 63.2. The summed E-state index contributed by atoms with van der Waals surface area (Å²) in [6, 6.07) is 0. The monoisotopic (exact) mass is 779 g/mol. The normalized spacial score (nSPS) is 11.9. The molecule has 0 aromatic heterocycles. The van der Waals surface area contributed by atoms with E-state index >= 15 is 0 Å². The average molecular weight is 779 g/mol. The molecular weight excluding hydrogens is 673 g/mol. The Balaban J connectivity index is 0. The summed E-state index contributed by atoms with van der Waals surface area (Å²) in [5, 5.41) is 18.8. The van der Waals surface area contributed by atoms with Gasteiger partial charge in [0.15, 0.2) is 0 Å². The highest BCUT2D eigenvalue weighted by Gasteiger charge is 2.04. The summed E-state index contributed by atoms with van der Waals surface area (Å²) in [5.74, 6) is -0.653. The summed E-state index contributed by atoms with van der Waals surface area (Å²) >= 11 is 0. The fourth-order valence-electron chi connectivity index (χ4n) is 8.12. The van der Waals surface area contributed by atoms with Gasteiger partial charge in [-0.3, -0.25) is 4.79 Å². The number of unbranched alkanes of at least 4 members (excludes halogenated alkanes) is 41. The Hall–Kier alpha value is -0.570. The molecular formula is C52H106O3. The molecule has 3 heteroatoms. The second kappa shape index (κ2) is 53.4. The number of hydrogen-bond donors (Lipinski definition) is 2. The maximum absolute atomic E-state index is 10.3. The summed E-state index contributed by atoms with van der Waals surface area (Å²) in [4.78, 5) is 10.3. The highest BCUT2D eigenvalue weighted by Crippen LogP contribution is 2.18. The van der Waals surface area contributed by atoms with E-state index < -0.39 is 5.97 Å². The Labute approximate surface area is 348 Å². The van der Waals surface area contributed by atoms with Crippen molar-refractivity contribution in [2.75, 3.05) is 0 Å². The van der Waals surface area contributed by atoms with Gasteiger partial charge in [0, 0.05) is 6.42 Å². The molecule has 0 saturated carbocycles. The van der Waals surface area contributed by atoms with Gasteiger partial charge in [0.25, 0.3) is 0 Å². The molecule has 0 aromatic carbocycles. The SMILES string of the molecule is CCCCCCCCCCCCCCCCCC(=O)O.CCCCCCCCCCCCCCCCCCCC(O)CCCCCCCCCCCCCC. The lowest BCUT2D eigenvalue weighted by atomic mass is 10.0. The van der Waals surface area contributed by atoms with Crippen LogP contribution in [-0.4, -0.2) is 22.3 Å². The smallest absolute Gasteiger partial charge is 0.303 e. The first-order valence-corrected chi connectivity index (χ1v) is 26.0. The third-order valence-corrected chi connectivity index (χ3v) is 12.0. The summed E-state index contributed by atoms with van der Waals surface area (Å²) < 4.78 is 0. The second-order valence-corrected chi connectivity index (χ2v) is 17.9. The maximum atomic E-state index is 10.3. The molecule has 0 heterocycles. The van der Waals surface area contributed by atoms with Gasteiger partial charge in [-0.15, -0.1) is 0 Å². The van der Waals surface area contributed by atoms with Crippen LogP contribution < -0.4 is 0 Å². The van der Waals surface area contributed by atoms with E-state index in [9.17, 15) is 9.90 Å². The van der Waals surface area contributed by atoms with Crippen LogP contribution in [0.5, 0.6) is 0 Å². The minimum absolute atomic E-state index is 0.0329. The second-order valence-electron chi connectivity index (χ2n) is 17.9. The third-order valence-electron chi connectivity index (χ3n) is 12.0. The Kier molecular flexibility index (Phi) is 54.9. The predicted octanol–water partition coefficient (Wildman–Crippen LogP) is 18.8. The van der Waals surface area contributed by atoms with Crippen molar-refractivity contribution in [3.8, 4) is 0 Å². The van der Waals surface area contributed by atoms with Crippen molar-refractivity contribution in [2.24, 2.45) is 0 Å². The van der Waals surface area contributed by atoms with Crippen LogP contribution in [0.2, 0.25) is 0 Å². The van der Waals surface area contributed by atoms with Crippen molar-refractivity contribution in [1.82, 2.24) is 0 Å². The summed E-state index contributed by atoms with van der Waals surface area (Å²) in [5.41, 5.74) is 0. The number of rotatable bonds is 47. The van der Waals surface area contributed by atoms with E-state index in [0.717, 1.165) is 25.7 Å². The van der Waals surface area contributed by atoms with Crippen molar-refractivity contribution in [3.63, 3.8) is 0 Å². The van der Waals surface area contributed by atoms with E-state index in [1.165, 1.54) is 270 Å². The van der Waals surface area contributed by atoms with Crippen LogP contribution in [0.1, 0.15) is 323 Å². The Morgan fingerprint density at radius 2 is 0.455 bits per heavy atom. The number of carboxylic acids is 1. The van der Waals surface area contributed by atoms with E-state index in [2.05, 4.69) is 20.8 Å². The van der Waals surface area contributed by atoms with Crippen LogP contribution >= 0.6 is 0 Å². The number of aliphatic hydroxyl groups excluding tert-OH is 1. The molecule has 0 fully saturated rings. The van der Waals surface area contributed by atoms with E-state index in [4.69, 9.17) is 5.11 Å². The number of aliphatic carboxylic acids is 1. The summed E-state index contributed by atoms with van der Waals surface area (Å²) in [6.45, 7) is 6.86.